The zero-order valence-electron chi connectivity index (χ0n) is 12.9. The first-order valence-electron chi connectivity index (χ1n) is 7.91. The molecule has 0 fully saturated rings. The predicted molar refractivity (Wildman–Crippen MR) is 86.4 cm³/mol. The number of nitrogens with one attached hydrogen (secondary N) is 1. The molecule has 1 aromatic rings. The van der Waals surface area contributed by atoms with Crippen molar-refractivity contribution in [3.8, 4) is 0 Å². The highest BCUT2D eigenvalue weighted by molar-refractivity contribution is 7.90. The van der Waals surface area contributed by atoms with E-state index in [1.165, 1.54) is 42.5 Å². The molecule has 0 saturated heterocycles. The molecule has 2 rings (SSSR count). The van der Waals surface area contributed by atoms with Crippen molar-refractivity contribution in [3.63, 3.8) is 0 Å². The Morgan fingerprint density at radius 2 is 1.95 bits per heavy atom. The van der Waals surface area contributed by atoms with Gasteiger partial charge in [0, 0.05) is 24.2 Å². The van der Waals surface area contributed by atoms with Gasteiger partial charge < -0.3 is 5.32 Å². The van der Waals surface area contributed by atoms with E-state index in [0.717, 1.165) is 32.2 Å². The van der Waals surface area contributed by atoms with Crippen LogP contribution < -0.4 is 5.32 Å². The van der Waals surface area contributed by atoms with Crippen LogP contribution in [0, 0.1) is 0 Å². The van der Waals surface area contributed by atoms with E-state index in [1.807, 2.05) is 0 Å². The van der Waals surface area contributed by atoms with Gasteiger partial charge in [-0.15, -0.1) is 0 Å². The number of nitrogens with zero attached hydrogens (tertiary/aromatic N) is 1. The van der Waals surface area contributed by atoms with Gasteiger partial charge in [0.2, 0.25) is 0 Å². The Labute approximate surface area is 128 Å². The molecule has 1 aliphatic rings. The first-order chi connectivity index (χ1) is 10.0. The fraction of sp³-hybridized carbons (Fsp3) is 0.688. The molecule has 5 heteroatoms. The van der Waals surface area contributed by atoms with E-state index < -0.39 is 9.84 Å². The van der Waals surface area contributed by atoms with E-state index in [2.05, 4.69) is 17.4 Å². The highest BCUT2D eigenvalue weighted by Gasteiger charge is 2.10. The number of fused-ring (bicyclic) bond motifs is 1. The summed E-state index contributed by atoms with van der Waals surface area (Å²) in [6, 6.07) is 4.42. The zero-order valence-corrected chi connectivity index (χ0v) is 13.7. The van der Waals surface area contributed by atoms with Crippen molar-refractivity contribution in [1.29, 1.82) is 0 Å². The van der Waals surface area contributed by atoms with Crippen LogP contribution in [-0.4, -0.2) is 38.5 Å². The van der Waals surface area contributed by atoms with Gasteiger partial charge in [-0.25, -0.2) is 8.42 Å². The molecule has 4 nitrogen and oxygen atoms in total. The maximum absolute atomic E-state index is 11.0. The summed E-state index contributed by atoms with van der Waals surface area (Å²) < 4.78 is 21.9. The lowest BCUT2D eigenvalue weighted by atomic mass is 9.95. The summed E-state index contributed by atoms with van der Waals surface area (Å²) in [5.74, 6) is 0.222. The Balaban J connectivity index is 1.63. The molecule has 0 aliphatic heterocycles. The van der Waals surface area contributed by atoms with Crippen molar-refractivity contribution in [1.82, 2.24) is 10.3 Å². The third-order valence-corrected chi connectivity index (χ3v) is 4.87. The number of aromatic nitrogens is 1. The summed E-state index contributed by atoms with van der Waals surface area (Å²) in [4.78, 5) is 4.78. The summed E-state index contributed by atoms with van der Waals surface area (Å²) >= 11 is 0. The molecule has 0 aromatic carbocycles. The molecule has 0 radical (unpaired) electrons. The summed E-state index contributed by atoms with van der Waals surface area (Å²) in [6.45, 7) is 1.43. The molecule has 0 saturated carbocycles. The number of hydrogen-bond acceptors (Lipinski definition) is 4. The van der Waals surface area contributed by atoms with Crippen LogP contribution in [0.3, 0.4) is 0 Å². The molecular weight excluding hydrogens is 284 g/mol. The van der Waals surface area contributed by atoms with Gasteiger partial charge in [0.1, 0.15) is 9.84 Å². The van der Waals surface area contributed by atoms with Gasteiger partial charge in [0.15, 0.2) is 0 Å². The van der Waals surface area contributed by atoms with Crippen LogP contribution in [0.5, 0.6) is 0 Å². The minimum atomic E-state index is -2.84. The van der Waals surface area contributed by atoms with Gasteiger partial charge >= 0.3 is 0 Å². The second-order valence-electron chi connectivity index (χ2n) is 5.95. The summed E-state index contributed by atoms with van der Waals surface area (Å²) in [5.41, 5.74) is 3.95. The van der Waals surface area contributed by atoms with Crippen LogP contribution in [0.15, 0.2) is 12.1 Å². The van der Waals surface area contributed by atoms with Gasteiger partial charge in [0.25, 0.3) is 0 Å². The fourth-order valence-electron chi connectivity index (χ4n) is 2.71. The molecule has 0 spiro atoms. The highest BCUT2D eigenvalue weighted by Crippen LogP contribution is 2.20. The van der Waals surface area contributed by atoms with Crippen LogP contribution in [-0.2, 0) is 29.1 Å². The lowest BCUT2D eigenvalue weighted by Crippen LogP contribution is -2.23. The third-order valence-electron chi connectivity index (χ3n) is 3.92. The molecule has 0 atom stereocenters. The van der Waals surface area contributed by atoms with E-state index in [4.69, 9.17) is 4.98 Å². The average molecular weight is 310 g/mol. The average Bonchev–Trinajstić information content (AvgIpc) is 2.45. The Kier molecular flexibility index (Phi) is 6.18. The van der Waals surface area contributed by atoms with E-state index in [9.17, 15) is 8.42 Å². The summed E-state index contributed by atoms with van der Waals surface area (Å²) in [6.07, 6.45) is 9.33. The van der Waals surface area contributed by atoms with Gasteiger partial charge in [-0.05, 0) is 63.1 Å². The monoisotopic (exact) mass is 310 g/mol. The second kappa shape index (κ2) is 7.90. The molecule has 0 bridgehead atoms. The number of hydrogen-bond donors (Lipinski definition) is 1. The van der Waals surface area contributed by atoms with Crippen molar-refractivity contribution in [2.24, 2.45) is 0 Å². The highest BCUT2D eigenvalue weighted by atomic mass is 32.2. The normalized spacial score (nSPS) is 14.9. The molecule has 0 amide bonds. The van der Waals surface area contributed by atoms with Gasteiger partial charge in [0.05, 0.1) is 5.75 Å². The summed E-state index contributed by atoms with van der Waals surface area (Å²) in [7, 11) is -2.84. The van der Waals surface area contributed by atoms with E-state index in [-0.39, 0.29) is 5.75 Å². The lowest BCUT2D eigenvalue weighted by molar-refractivity contribution is 0.591. The number of sulfone groups is 1. The Hall–Kier alpha value is -0.940. The third kappa shape index (κ3) is 6.14. The smallest absolute Gasteiger partial charge is 0.148 e. The molecule has 0 unspecified atom stereocenters. The number of unbranched alkanes of at least 4 members (excludes halogenated alkanes) is 1. The maximum atomic E-state index is 11.0. The molecule has 1 aromatic heterocycles. The van der Waals surface area contributed by atoms with Crippen molar-refractivity contribution in [3.05, 3.63) is 29.1 Å². The molecule has 1 aliphatic carbocycles. The Bertz CT molecular complexity index is 555. The van der Waals surface area contributed by atoms with Crippen LogP contribution in [0.25, 0.3) is 0 Å². The standard InChI is InChI=1S/C16H26N2O2S/c1-21(19,20)13-12-17-11-5-4-7-15-10-9-14-6-2-3-8-16(14)18-15/h9-10,17H,2-8,11-13H2,1H3. The largest absolute Gasteiger partial charge is 0.316 e. The predicted octanol–water partition coefficient (Wildman–Crippen LogP) is 1.92. The van der Waals surface area contributed by atoms with E-state index >= 15 is 0 Å². The van der Waals surface area contributed by atoms with Crippen molar-refractivity contribution in [2.45, 2.75) is 44.9 Å². The van der Waals surface area contributed by atoms with Gasteiger partial charge in [-0.3, -0.25) is 4.98 Å². The Morgan fingerprint density at radius 1 is 1.14 bits per heavy atom. The second-order valence-corrected chi connectivity index (χ2v) is 8.21. The van der Waals surface area contributed by atoms with Crippen LogP contribution >= 0.6 is 0 Å². The van der Waals surface area contributed by atoms with E-state index in [0.29, 0.717) is 6.54 Å². The molecule has 21 heavy (non-hydrogen) atoms. The number of aryl methyl sites for hydroxylation is 3. The SMILES string of the molecule is CS(=O)(=O)CCNCCCCc1ccc2c(n1)CCCC2. The minimum Gasteiger partial charge on any atom is -0.316 e. The molecule has 118 valence electrons. The van der Waals surface area contributed by atoms with Gasteiger partial charge in [-0.1, -0.05) is 6.07 Å². The van der Waals surface area contributed by atoms with Crippen LogP contribution in [0.1, 0.15) is 42.6 Å². The first kappa shape index (κ1) is 16.4. The molecular formula is C16H26N2O2S. The quantitative estimate of drug-likeness (QED) is 0.745. The fourth-order valence-corrected chi connectivity index (χ4v) is 3.22. The van der Waals surface area contributed by atoms with E-state index in [1.54, 1.807) is 0 Å². The topological polar surface area (TPSA) is 59.1 Å². The number of rotatable bonds is 8. The lowest BCUT2D eigenvalue weighted by Gasteiger charge is -2.15. The Morgan fingerprint density at radius 3 is 2.76 bits per heavy atom. The maximum Gasteiger partial charge on any atom is 0.148 e. The van der Waals surface area contributed by atoms with Crippen molar-refractivity contribution < 1.29 is 8.42 Å². The summed E-state index contributed by atoms with van der Waals surface area (Å²) in [5, 5.41) is 3.18. The first-order valence-corrected chi connectivity index (χ1v) is 9.97. The van der Waals surface area contributed by atoms with Crippen molar-refractivity contribution >= 4 is 9.84 Å². The molecule has 1 N–H and O–H groups in total. The van der Waals surface area contributed by atoms with Crippen LogP contribution in [0.2, 0.25) is 0 Å². The molecule has 1 heterocycles. The zero-order chi connectivity index (χ0) is 15.1. The van der Waals surface area contributed by atoms with Gasteiger partial charge in [-0.2, -0.15) is 0 Å². The van der Waals surface area contributed by atoms with Crippen molar-refractivity contribution in [2.75, 3.05) is 25.1 Å². The van der Waals surface area contributed by atoms with Crippen LogP contribution in [0.4, 0.5) is 0 Å². The number of pyridine rings is 1. The minimum absolute atomic E-state index is 0.222.